The summed E-state index contributed by atoms with van der Waals surface area (Å²) in [7, 11) is 0. The molecule has 0 aliphatic rings. The van der Waals surface area contributed by atoms with Crippen molar-refractivity contribution in [3.8, 4) is 0 Å². The summed E-state index contributed by atoms with van der Waals surface area (Å²) in [6.45, 7) is 8.08. The number of thioether (sulfide) groups is 1. The number of nitrogens with one attached hydrogen (secondary N) is 1. The maximum Gasteiger partial charge on any atom is 0.189 e. The number of aromatic nitrogens is 6. The first-order chi connectivity index (χ1) is 9.82. The van der Waals surface area contributed by atoms with Crippen LogP contribution in [0.15, 0.2) is 5.03 Å². The third-order valence-electron chi connectivity index (χ3n) is 3.19. The van der Waals surface area contributed by atoms with Gasteiger partial charge >= 0.3 is 0 Å². The van der Waals surface area contributed by atoms with E-state index < -0.39 is 0 Å². The van der Waals surface area contributed by atoms with E-state index in [1.54, 1.807) is 16.3 Å². The molecule has 0 unspecified atom stereocenters. The van der Waals surface area contributed by atoms with E-state index in [2.05, 4.69) is 46.0 Å². The Kier molecular flexibility index (Phi) is 3.25. The lowest BCUT2D eigenvalue weighted by molar-refractivity contribution is 0.548. The Balaban J connectivity index is 2.48. The summed E-state index contributed by atoms with van der Waals surface area (Å²) >= 11 is 7.13. The van der Waals surface area contributed by atoms with Gasteiger partial charge in [0.25, 0.3) is 0 Å². The second-order valence-electron chi connectivity index (χ2n) is 5.88. The maximum absolute atomic E-state index is 5.57. The first-order valence-corrected chi connectivity index (χ1v) is 8.16. The zero-order valence-corrected chi connectivity index (χ0v) is 14.2. The van der Waals surface area contributed by atoms with Gasteiger partial charge in [0.1, 0.15) is 16.5 Å². The van der Waals surface area contributed by atoms with Crippen LogP contribution in [0, 0.1) is 11.6 Å². The highest BCUT2D eigenvalue weighted by Gasteiger charge is 2.22. The second-order valence-corrected chi connectivity index (χ2v) is 7.06. The summed E-state index contributed by atoms with van der Waals surface area (Å²) in [5.41, 5.74) is 2.04. The number of aryl methyl sites for hydroxylation is 1. The molecule has 0 saturated carbocycles. The first-order valence-electron chi connectivity index (χ1n) is 6.53. The molecule has 0 saturated heterocycles. The number of hydrogen-bond donors (Lipinski definition) is 1. The SMILES string of the molecule is CSc1nc(C)nc2[nH]n3c(=S)c(C(C)(C)C)nnc3c12. The summed E-state index contributed by atoms with van der Waals surface area (Å²) in [4.78, 5) is 8.90. The Hall–Kier alpha value is -1.54. The normalized spacial score (nSPS) is 12.4. The number of nitrogens with zero attached hydrogens (tertiary/aromatic N) is 5. The van der Waals surface area contributed by atoms with Crippen molar-refractivity contribution in [3.63, 3.8) is 0 Å². The molecule has 1 N–H and O–H groups in total. The zero-order chi connectivity index (χ0) is 15.4. The van der Waals surface area contributed by atoms with Crippen molar-refractivity contribution in [2.45, 2.75) is 38.1 Å². The molecule has 0 aromatic carbocycles. The number of aromatic amines is 1. The van der Waals surface area contributed by atoms with Crippen LogP contribution in [0.1, 0.15) is 32.3 Å². The van der Waals surface area contributed by atoms with Crippen molar-refractivity contribution >= 4 is 40.7 Å². The Morgan fingerprint density at radius 3 is 2.52 bits per heavy atom. The zero-order valence-electron chi connectivity index (χ0n) is 12.6. The highest BCUT2D eigenvalue weighted by atomic mass is 32.2. The molecule has 8 heteroatoms. The fourth-order valence-corrected chi connectivity index (χ4v) is 3.30. The molecule has 0 amide bonds. The molecule has 110 valence electrons. The molecule has 0 spiro atoms. The topological polar surface area (TPSA) is 71.8 Å². The van der Waals surface area contributed by atoms with Crippen LogP contribution in [-0.4, -0.2) is 36.0 Å². The van der Waals surface area contributed by atoms with Crippen molar-refractivity contribution in [2.24, 2.45) is 0 Å². The van der Waals surface area contributed by atoms with E-state index in [1.807, 2.05) is 13.2 Å². The molecule has 0 aliphatic carbocycles. The van der Waals surface area contributed by atoms with Gasteiger partial charge in [0.15, 0.2) is 15.9 Å². The highest BCUT2D eigenvalue weighted by Crippen LogP contribution is 2.28. The standard InChI is InChI=1S/C13H16N6S2/c1-6-14-9-7(11(15-6)21-5)10-17-16-8(13(2,3)4)12(20)19(10)18-9/h1-5H3,(H,14,15,18). The van der Waals surface area contributed by atoms with Crippen LogP contribution in [0.25, 0.3) is 16.7 Å². The lowest BCUT2D eigenvalue weighted by Crippen LogP contribution is -2.17. The van der Waals surface area contributed by atoms with Gasteiger partial charge in [-0.1, -0.05) is 33.0 Å². The van der Waals surface area contributed by atoms with Crippen LogP contribution in [0.3, 0.4) is 0 Å². The summed E-state index contributed by atoms with van der Waals surface area (Å²) in [6, 6.07) is 0. The Bertz CT molecular complexity index is 903. The molecule has 3 rings (SSSR count). The molecule has 0 bridgehead atoms. The van der Waals surface area contributed by atoms with Gasteiger partial charge < -0.3 is 0 Å². The van der Waals surface area contributed by atoms with Crippen LogP contribution >= 0.6 is 24.0 Å². The summed E-state index contributed by atoms with van der Waals surface area (Å²) in [5, 5.41) is 13.7. The first kappa shape index (κ1) is 14.4. The number of rotatable bonds is 1. The largest absolute Gasteiger partial charge is 0.274 e. The van der Waals surface area contributed by atoms with Crippen molar-refractivity contribution in [3.05, 3.63) is 16.2 Å². The van der Waals surface area contributed by atoms with E-state index in [4.69, 9.17) is 12.2 Å². The van der Waals surface area contributed by atoms with Crippen molar-refractivity contribution < 1.29 is 0 Å². The van der Waals surface area contributed by atoms with E-state index in [-0.39, 0.29) is 5.41 Å². The second kappa shape index (κ2) is 4.74. The third-order valence-corrected chi connectivity index (χ3v) is 4.25. The fourth-order valence-electron chi connectivity index (χ4n) is 2.21. The van der Waals surface area contributed by atoms with Crippen LogP contribution in [0.5, 0.6) is 0 Å². The molecular formula is C13H16N6S2. The predicted octanol–water partition coefficient (Wildman–Crippen LogP) is 3.06. The van der Waals surface area contributed by atoms with Gasteiger partial charge in [-0.05, 0) is 13.2 Å². The number of H-pyrrole nitrogens is 1. The number of fused-ring (bicyclic) bond motifs is 3. The van der Waals surface area contributed by atoms with Gasteiger partial charge in [-0.15, -0.1) is 22.0 Å². The summed E-state index contributed by atoms with van der Waals surface area (Å²) in [5.74, 6) is 0.717. The Morgan fingerprint density at radius 1 is 1.19 bits per heavy atom. The van der Waals surface area contributed by atoms with Gasteiger partial charge in [0.05, 0.1) is 5.39 Å². The molecule has 3 aromatic rings. The molecule has 0 radical (unpaired) electrons. The lowest BCUT2D eigenvalue weighted by Gasteiger charge is -2.16. The highest BCUT2D eigenvalue weighted by molar-refractivity contribution is 7.98. The summed E-state index contributed by atoms with van der Waals surface area (Å²) < 4.78 is 2.41. The smallest absolute Gasteiger partial charge is 0.189 e. The average Bonchev–Trinajstić information content (AvgIpc) is 2.75. The van der Waals surface area contributed by atoms with Gasteiger partial charge in [-0.2, -0.15) is 0 Å². The fraction of sp³-hybridized carbons (Fsp3) is 0.462. The van der Waals surface area contributed by atoms with Crippen LogP contribution in [-0.2, 0) is 5.41 Å². The Labute approximate surface area is 131 Å². The Morgan fingerprint density at radius 2 is 1.90 bits per heavy atom. The van der Waals surface area contributed by atoms with Crippen molar-refractivity contribution in [1.29, 1.82) is 0 Å². The molecule has 6 nitrogen and oxygen atoms in total. The van der Waals surface area contributed by atoms with Crippen molar-refractivity contribution in [1.82, 2.24) is 29.8 Å². The monoisotopic (exact) mass is 320 g/mol. The third kappa shape index (κ3) is 2.22. The van der Waals surface area contributed by atoms with E-state index in [1.165, 1.54) is 0 Å². The minimum Gasteiger partial charge on any atom is -0.274 e. The van der Waals surface area contributed by atoms with E-state index in [9.17, 15) is 0 Å². The molecule has 0 atom stereocenters. The minimum absolute atomic E-state index is 0.160. The molecule has 0 fully saturated rings. The van der Waals surface area contributed by atoms with Crippen molar-refractivity contribution in [2.75, 3.05) is 6.26 Å². The van der Waals surface area contributed by atoms with E-state index in [0.29, 0.717) is 16.1 Å². The van der Waals surface area contributed by atoms with Crippen LogP contribution < -0.4 is 0 Å². The van der Waals surface area contributed by atoms with E-state index in [0.717, 1.165) is 21.8 Å². The quantitative estimate of drug-likeness (QED) is 0.422. The van der Waals surface area contributed by atoms with Gasteiger partial charge in [0.2, 0.25) is 0 Å². The molecule has 3 aromatic heterocycles. The maximum atomic E-state index is 5.57. The van der Waals surface area contributed by atoms with Crippen LogP contribution in [0.4, 0.5) is 0 Å². The van der Waals surface area contributed by atoms with E-state index >= 15 is 0 Å². The molecule has 3 heterocycles. The molecule has 0 aliphatic heterocycles. The summed E-state index contributed by atoms with van der Waals surface area (Å²) in [6.07, 6.45) is 1.98. The number of hydrogen-bond acceptors (Lipinski definition) is 6. The van der Waals surface area contributed by atoms with Gasteiger partial charge in [0, 0.05) is 5.41 Å². The van der Waals surface area contributed by atoms with Gasteiger partial charge in [-0.3, -0.25) is 5.10 Å². The minimum atomic E-state index is -0.160. The average molecular weight is 320 g/mol. The predicted molar refractivity (Wildman–Crippen MR) is 86.5 cm³/mol. The lowest BCUT2D eigenvalue weighted by atomic mass is 9.93. The molecular weight excluding hydrogens is 304 g/mol. The molecule has 21 heavy (non-hydrogen) atoms. The van der Waals surface area contributed by atoms with Gasteiger partial charge in [-0.25, -0.2) is 14.5 Å². The van der Waals surface area contributed by atoms with Crippen LogP contribution in [0.2, 0.25) is 0 Å².